The van der Waals surface area contributed by atoms with Crippen LogP contribution in [0.4, 0.5) is 0 Å². The van der Waals surface area contributed by atoms with E-state index >= 15 is 0 Å². The number of hydrogen-bond acceptors (Lipinski definition) is 0. The Bertz CT molecular complexity index is 541. The molecule has 0 heteroatoms. The van der Waals surface area contributed by atoms with E-state index in [2.05, 4.69) is 58.7 Å². The number of benzene rings is 1. The predicted molar refractivity (Wildman–Crippen MR) is 146 cm³/mol. The van der Waals surface area contributed by atoms with Crippen molar-refractivity contribution in [2.75, 3.05) is 0 Å². The minimum absolute atomic E-state index is 0. The van der Waals surface area contributed by atoms with E-state index in [1.807, 2.05) is 54.5 Å². The van der Waals surface area contributed by atoms with Gasteiger partial charge in [-0.25, -0.2) is 0 Å². The summed E-state index contributed by atoms with van der Waals surface area (Å²) in [7, 11) is 0. The summed E-state index contributed by atoms with van der Waals surface area (Å²) in [5, 5.41) is 0. The molecule has 0 saturated heterocycles. The smallest absolute Gasteiger partial charge is 0.0157 e. The Balaban J connectivity index is -0.000000241. The zero-order valence-corrected chi connectivity index (χ0v) is 21.6. The molecule has 1 aliphatic rings. The molecule has 0 amide bonds. The molecular formula is C30H56. The molecule has 0 atom stereocenters. The van der Waals surface area contributed by atoms with Crippen LogP contribution in [0.1, 0.15) is 118 Å². The lowest BCUT2D eigenvalue weighted by Crippen LogP contribution is -2.13. The third-order valence-electron chi connectivity index (χ3n) is 4.70. The lowest BCUT2D eigenvalue weighted by Gasteiger charge is -2.29. The van der Waals surface area contributed by atoms with Crippen molar-refractivity contribution in [3.05, 3.63) is 71.8 Å². The van der Waals surface area contributed by atoms with Gasteiger partial charge in [0.2, 0.25) is 0 Å². The molecule has 0 bridgehead atoms. The summed E-state index contributed by atoms with van der Waals surface area (Å²) in [6, 6.07) is 6.74. The van der Waals surface area contributed by atoms with Gasteiger partial charge in [0, 0.05) is 0 Å². The van der Waals surface area contributed by atoms with Crippen LogP contribution in [0.2, 0.25) is 0 Å². The Morgan fingerprint density at radius 1 is 1.03 bits per heavy atom. The molecule has 1 aliphatic carbocycles. The van der Waals surface area contributed by atoms with E-state index in [-0.39, 0.29) is 7.43 Å². The SMILES string of the molecule is C.C=C(C)C(=C)CCc1cccc(C)c1C1CCC1.C=CC(C)C.CC.CC.CC. The molecule has 1 fully saturated rings. The molecule has 30 heavy (non-hydrogen) atoms. The van der Waals surface area contributed by atoms with Gasteiger partial charge in [-0.1, -0.05) is 118 Å². The van der Waals surface area contributed by atoms with E-state index in [0.29, 0.717) is 5.92 Å². The van der Waals surface area contributed by atoms with Crippen LogP contribution in [0.5, 0.6) is 0 Å². The third-order valence-corrected chi connectivity index (χ3v) is 4.70. The number of allylic oxidation sites excluding steroid dienone is 3. The molecule has 0 N–H and O–H groups in total. The number of aryl methyl sites for hydroxylation is 2. The topological polar surface area (TPSA) is 0 Å². The molecule has 0 nitrogen and oxygen atoms in total. The van der Waals surface area contributed by atoms with Crippen LogP contribution in [-0.4, -0.2) is 0 Å². The monoisotopic (exact) mass is 416 g/mol. The highest BCUT2D eigenvalue weighted by molar-refractivity contribution is 5.39. The predicted octanol–water partition coefficient (Wildman–Crippen LogP) is 10.9. The molecule has 0 heterocycles. The molecule has 0 spiro atoms. The fourth-order valence-corrected chi connectivity index (χ4v) is 2.74. The molecular weight excluding hydrogens is 360 g/mol. The van der Waals surface area contributed by atoms with Crippen LogP contribution in [0, 0.1) is 12.8 Å². The summed E-state index contributed by atoms with van der Waals surface area (Å²) in [6.45, 7) is 32.1. The van der Waals surface area contributed by atoms with E-state index in [0.717, 1.165) is 24.3 Å². The van der Waals surface area contributed by atoms with Crippen molar-refractivity contribution >= 4 is 0 Å². The van der Waals surface area contributed by atoms with E-state index in [1.54, 1.807) is 5.56 Å². The second kappa shape index (κ2) is 23.7. The maximum Gasteiger partial charge on any atom is -0.0157 e. The van der Waals surface area contributed by atoms with Crippen molar-refractivity contribution in [3.63, 3.8) is 0 Å². The molecule has 0 aromatic heterocycles. The lowest BCUT2D eigenvalue weighted by atomic mass is 9.75. The maximum atomic E-state index is 4.10. The van der Waals surface area contributed by atoms with Gasteiger partial charge in [0.15, 0.2) is 0 Å². The lowest BCUT2D eigenvalue weighted by molar-refractivity contribution is 0.415. The normalized spacial score (nSPS) is 11.2. The van der Waals surface area contributed by atoms with Crippen molar-refractivity contribution < 1.29 is 0 Å². The van der Waals surface area contributed by atoms with Crippen LogP contribution < -0.4 is 0 Å². The van der Waals surface area contributed by atoms with Gasteiger partial charge >= 0.3 is 0 Å². The van der Waals surface area contributed by atoms with Gasteiger partial charge in [0.1, 0.15) is 0 Å². The van der Waals surface area contributed by atoms with Gasteiger partial charge in [-0.15, -0.1) is 6.58 Å². The number of hydrogen-bond donors (Lipinski definition) is 0. The van der Waals surface area contributed by atoms with Crippen molar-refractivity contribution in [3.8, 4) is 0 Å². The van der Waals surface area contributed by atoms with Crippen LogP contribution in [0.15, 0.2) is 55.2 Å². The van der Waals surface area contributed by atoms with Gasteiger partial charge in [0.25, 0.3) is 0 Å². The highest BCUT2D eigenvalue weighted by atomic mass is 14.3. The second-order valence-electron chi connectivity index (χ2n) is 7.14. The Morgan fingerprint density at radius 2 is 1.50 bits per heavy atom. The third kappa shape index (κ3) is 15.3. The number of rotatable bonds is 6. The first-order valence-corrected chi connectivity index (χ1v) is 11.9. The standard InChI is InChI=1S/C18H24.C5H10.3C2H6.CH4/c1-13(2)14(3)11-12-17-8-5-7-15(4)18(17)16-9-6-10-16;1-4-5(2)3;3*1-2;/h5,7-8,16H,1,3,6,9-12H2,2,4H3;4-5H,1H2,2-3H3;3*1-2H3;1H4. The molecule has 0 radical (unpaired) electrons. The fourth-order valence-electron chi connectivity index (χ4n) is 2.74. The van der Waals surface area contributed by atoms with Crippen molar-refractivity contribution in [2.24, 2.45) is 5.92 Å². The molecule has 1 aromatic carbocycles. The summed E-state index contributed by atoms with van der Waals surface area (Å²) in [4.78, 5) is 0. The Labute approximate surface area is 192 Å². The average Bonchev–Trinajstić information content (AvgIpc) is 2.71. The molecule has 176 valence electrons. The molecule has 0 unspecified atom stereocenters. The van der Waals surface area contributed by atoms with Crippen molar-refractivity contribution in [2.45, 2.75) is 115 Å². The summed E-state index contributed by atoms with van der Waals surface area (Å²) in [6.07, 6.45) is 8.22. The highest BCUT2D eigenvalue weighted by Crippen LogP contribution is 2.40. The first-order chi connectivity index (χ1) is 13.9. The van der Waals surface area contributed by atoms with Crippen LogP contribution >= 0.6 is 0 Å². The first kappa shape index (κ1) is 35.9. The minimum Gasteiger partial charge on any atom is -0.103 e. The summed E-state index contributed by atoms with van der Waals surface area (Å²) >= 11 is 0. The zero-order valence-electron chi connectivity index (χ0n) is 21.6. The van der Waals surface area contributed by atoms with Gasteiger partial charge in [0.05, 0.1) is 0 Å². The molecule has 1 saturated carbocycles. The van der Waals surface area contributed by atoms with Gasteiger partial charge in [-0.05, 0) is 68.1 Å². The van der Waals surface area contributed by atoms with Gasteiger partial charge in [-0.3, -0.25) is 0 Å². The Morgan fingerprint density at radius 3 is 1.83 bits per heavy atom. The van der Waals surface area contributed by atoms with E-state index < -0.39 is 0 Å². The molecule has 1 aromatic rings. The summed E-state index contributed by atoms with van der Waals surface area (Å²) in [5.74, 6) is 1.47. The summed E-state index contributed by atoms with van der Waals surface area (Å²) in [5.41, 5.74) is 6.93. The van der Waals surface area contributed by atoms with Crippen LogP contribution in [0.3, 0.4) is 0 Å². The van der Waals surface area contributed by atoms with Crippen LogP contribution in [0.25, 0.3) is 0 Å². The highest BCUT2D eigenvalue weighted by Gasteiger charge is 2.23. The Kier molecular flexibility index (Phi) is 28.3. The second-order valence-corrected chi connectivity index (χ2v) is 7.14. The largest absolute Gasteiger partial charge is 0.103 e. The van der Waals surface area contributed by atoms with Gasteiger partial charge in [-0.2, -0.15) is 0 Å². The zero-order chi connectivity index (χ0) is 23.4. The first-order valence-electron chi connectivity index (χ1n) is 11.9. The van der Waals surface area contributed by atoms with E-state index in [9.17, 15) is 0 Å². The van der Waals surface area contributed by atoms with E-state index in [4.69, 9.17) is 0 Å². The summed E-state index contributed by atoms with van der Waals surface area (Å²) < 4.78 is 0. The maximum absolute atomic E-state index is 4.10. The van der Waals surface area contributed by atoms with Crippen molar-refractivity contribution in [1.29, 1.82) is 0 Å². The molecule has 2 rings (SSSR count). The minimum atomic E-state index is 0. The molecule has 0 aliphatic heterocycles. The van der Waals surface area contributed by atoms with E-state index in [1.165, 1.54) is 36.0 Å². The van der Waals surface area contributed by atoms with Crippen LogP contribution in [-0.2, 0) is 6.42 Å². The fraction of sp³-hybridized carbons (Fsp3) is 0.600. The average molecular weight is 417 g/mol. The van der Waals surface area contributed by atoms with Gasteiger partial charge < -0.3 is 0 Å². The van der Waals surface area contributed by atoms with Crippen molar-refractivity contribution in [1.82, 2.24) is 0 Å². The quantitative estimate of drug-likeness (QED) is 0.319. The Hall–Kier alpha value is -1.56.